The Balaban J connectivity index is 1.83. The molecule has 0 aromatic carbocycles. The van der Waals surface area contributed by atoms with Gasteiger partial charge in [-0.15, -0.1) is 0 Å². The molecule has 0 N–H and O–H groups in total. The molecule has 0 amide bonds. The molecule has 0 aliphatic carbocycles. The van der Waals surface area contributed by atoms with E-state index in [1.165, 1.54) is 0 Å². The van der Waals surface area contributed by atoms with Crippen LogP contribution in [0.4, 0.5) is 5.69 Å². The summed E-state index contributed by atoms with van der Waals surface area (Å²) in [6.45, 7) is 10.3. The summed E-state index contributed by atoms with van der Waals surface area (Å²) >= 11 is 0. The number of hydrogen-bond donors (Lipinski definition) is 0. The fourth-order valence-electron chi connectivity index (χ4n) is 3.31. The topological polar surface area (TPSA) is 85.1 Å². The van der Waals surface area contributed by atoms with Gasteiger partial charge < -0.3 is 18.8 Å². The van der Waals surface area contributed by atoms with Crippen LogP contribution >= 0.6 is 0 Å². The highest BCUT2D eigenvalue weighted by Crippen LogP contribution is 2.33. The smallest absolute Gasteiger partial charge is 0.217 e. The molecule has 1 saturated heterocycles. The Bertz CT molecular complexity index is 882. The summed E-state index contributed by atoms with van der Waals surface area (Å²) in [5.74, 6) is 0.606. The average molecular weight is 412 g/mol. The number of aromatic nitrogens is 1. The third-order valence-corrected chi connectivity index (χ3v) is 7.10. The van der Waals surface area contributed by atoms with Crippen molar-refractivity contribution in [3.05, 3.63) is 24.2 Å². The van der Waals surface area contributed by atoms with Crippen LogP contribution in [0.3, 0.4) is 0 Å². The van der Waals surface area contributed by atoms with Crippen LogP contribution in [0.15, 0.2) is 22.9 Å². The number of pyridine rings is 1. The molecule has 1 fully saturated rings. The highest BCUT2D eigenvalue weighted by Gasteiger charge is 2.30. The minimum absolute atomic E-state index is 0.411. The monoisotopic (exact) mass is 411 g/mol. The highest BCUT2D eigenvalue weighted by atomic mass is 32.2. The van der Waals surface area contributed by atoms with E-state index in [4.69, 9.17) is 13.9 Å². The van der Waals surface area contributed by atoms with E-state index in [1.807, 2.05) is 19.9 Å². The summed E-state index contributed by atoms with van der Waals surface area (Å²) in [6, 6.07) is 1.89. The molecule has 2 aromatic heterocycles. The van der Waals surface area contributed by atoms with Gasteiger partial charge >= 0.3 is 0 Å². The number of nitrogens with zero attached hydrogens (tertiary/aromatic N) is 3. The summed E-state index contributed by atoms with van der Waals surface area (Å²) in [4.78, 5) is 6.45. The molecule has 0 unspecified atom stereocenters. The summed E-state index contributed by atoms with van der Waals surface area (Å²) in [7, 11) is -3.23. The van der Waals surface area contributed by atoms with Gasteiger partial charge in [0.05, 0.1) is 17.1 Å². The van der Waals surface area contributed by atoms with E-state index in [1.54, 1.807) is 30.5 Å². The molecule has 0 radical (unpaired) electrons. The highest BCUT2D eigenvalue weighted by molar-refractivity contribution is 7.89. The van der Waals surface area contributed by atoms with Gasteiger partial charge in [-0.1, -0.05) is 0 Å². The first kappa shape index (κ1) is 21.0. The molecule has 1 aliphatic heterocycles. The van der Waals surface area contributed by atoms with Crippen LogP contribution in [-0.2, 0) is 19.5 Å². The normalized spacial score (nSPS) is 16.6. The molecule has 1 aliphatic rings. The lowest BCUT2D eigenvalue weighted by molar-refractivity contribution is -0.150. The second-order valence-electron chi connectivity index (χ2n) is 6.95. The van der Waals surface area contributed by atoms with Gasteiger partial charge in [-0.2, -0.15) is 4.31 Å². The third kappa shape index (κ3) is 4.17. The number of anilines is 1. The standard InChI is InChI=1S/C19H29N3O5S/c1-5-25-19(26-6-2)17-11-15-12-20-13-16(18(15)27-17)21-7-9-22(10-8-21)28(23,24)14(3)4/h11-14,19H,5-10H2,1-4H3. The summed E-state index contributed by atoms with van der Waals surface area (Å²) in [5, 5.41) is 0.458. The fourth-order valence-corrected chi connectivity index (χ4v) is 4.57. The number of ether oxygens (including phenoxy) is 2. The van der Waals surface area contributed by atoms with Gasteiger partial charge in [0.15, 0.2) is 11.3 Å². The Morgan fingerprint density at radius 2 is 1.75 bits per heavy atom. The van der Waals surface area contributed by atoms with Crippen molar-refractivity contribution in [2.24, 2.45) is 0 Å². The van der Waals surface area contributed by atoms with Crippen molar-refractivity contribution in [3.8, 4) is 0 Å². The number of rotatable bonds is 8. The average Bonchev–Trinajstić information content (AvgIpc) is 3.12. The Labute approximate surface area is 166 Å². The molecule has 0 atom stereocenters. The molecule has 3 heterocycles. The molecule has 2 aromatic rings. The zero-order valence-corrected chi connectivity index (χ0v) is 17.7. The molecule has 8 nitrogen and oxygen atoms in total. The van der Waals surface area contributed by atoms with Crippen LogP contribution in [0.2, 0.25) is 0 Å². The van der Waals surface area contributed by atoms with Gasteiger partial charge in [-0.25, -0.2) is 8.42 Å². The van der Waals surface area contributed by atoms with Crippen molar-refractivity contribution >= 4 is 26.7 Å². The van der Waals surface area contributed by atoms with Gasteiger partial charge in [0, 0.05) is 51.0 Å². The van der Waals surface area contributed by atoms with Crippen LogP contribution in [0.5, 0.6) is 0 Å². The number of furan rings is 1. The number of sulfonamides is 1. The molecule has 9 heteroatoms. The summed E-state index contributed by atoms with van der Waals surface area (Å²) < 4.78 is 43.7. The van der Waals surface area contributed by atoms with E-state index in [0.29, 0.717) is 45.2 Å². The van der Waals surface area contributed by atoms with Crippen molar-refractivity contribution in [1.29, 1.82) is 0 Å². The van der Waals surface area contributed by atoms with E-state index in [0.717, 1.165) is 16.7 Å². The maximum atomic E-state index is 12.4. The van der Waals surface area contributed by atoms with Gasteiger partial charge in [0.1, 0.15) is 0 Å². The molecular formula is C19H29N3O5S. The minimum atomic E-state index is -3.23. The van der Waals surface area contributed by atoms with Crippen molar-refractivity contribution < 1.29 is 22.3 Å². The van der Waals surface area contributed by atoms with Crippen molar-refractivity contribution in [1.82, 2.24) is 9.29 Å². The predicted molar refractivity (Wildman–Crippen MR) is 108 cm³/mol. The van der Waals surface area contributed by atoms with E-state index in [-0.39, 0.29) is 0 Å². The van der Waals surface area contributed by atoms with Crippen LogP contribution in [0.1, 0.15) is 39.7 Å². The van der Waals surface area contributed by atoms with Crippen LogP contribution in [0, 0.1) is 0 Å². The van der Waals surface area contributed by atoms with E-state index < -0.39 is 21.6 Å². The largest absolute Gasteiger partial charge is 0.453 e. The zero-order valence-electron chi connectivity index (χ0n) is 16.9. The van der Waals surface area contributed by atoms with Gasteiger partial charge in [-0.05, 0) is 33.8 Å². The molecule has 3 rings (SSSR count). The molecular weight excluding hydrogens is 382 g/mol. The van der Waals surface area contributed by atoms with Crippen LogP contribution < -0.4 is 4.90 Å². The van der Waals surface area contributed by atoms with Gasteiger partial charge in [-0.3, -0.25) is 4.98 Å². The van der Waals surface area contributed by atoms with Crippen molar-refractivity contribution in [3.63, 3.8) is 0 Å². The van der Waals surface area contributed by atoms with Crippen molar-refractivity contribution in [2.75, 3.05) is 44.3 Å². The first-order valence-electron chi connectivity index (χ1n) is 9.73. The Hall–Kier alpha value is -1.68. The minimum Gasteiger partial charge on any atom is -0.453 e. The van der Waals surface area contributed by atoms with Gasteiger partial charge in [0.2, 0.25) is 16.3 Å². The number of hydrogen-bond acceptors (Lipinski definition) is 7. The predicted octanol–water partition coefficient (Wildman–Crippen LogP) is 2.76. The van der Waals surface area contributed by atoms with E-state index in [9.17, 15) is 8.42 Å². The van der Waals surface area contributed by atoms with Gasteiger partial charge in [0.25, 0.3) is 0 Å². The van der Waals surface area contributed by atoms with Crippen LogP contribution in [-0.4, -0.2) is 62.3 Å². The van der Waals surface area contributed by atoms with Crippen molar-refractivity contribution in [2.45, 2.75) is 39.2 Å². The van der Waals surface area contributed by atoms with E-state index >= 15 is 0 Å². The summed E-state index contributed by atoms with van der Waals surface area (Å²) in [6.07, 6.45) is 2.96. The lowest BCUT2D eigenvalue weighted by Crippen LogP contribution is -2.50. The maximum Gasteiger partial charge on any atom is 0.217 e. The Morgan fingerprint density at radius 1 is 1.11 bits per heavy atom. The first-order valence-corrected chi connectivity index (χ1v) is 11.2. The second-order valence-corrected chi connectivity index (χ2v) is 9.44. The second kappa shape index (κ2) is 8.77. The quantitative estimate of drug-likeness (QED) is 0.618. The number of piperazine rings is 1. The molecule has 0 spiro atoms. The lowest BCUT2D eigenvalue weighted by atomic mass is 10.2. The zero-order chi connectivity index (χ0) is 20.3. The summed E-state index contributed by atoms with van der Waals surface area (Å²) in [5.41, 5.74) is 1.58. The number of fused-ring (bicyclic) bond motifs is 1. The SMILES string of the molecule is CCOC(OCC)c1cc2cncc(N3CCN(S(=O)(=O)C(C)C)CC3)c2o1. The Kier molecular flexibility index (Phi) is 6.59. The van der Waals surface area contributed by atoms with Crippen LogP contribution in [0.25, 0.3) is 11.0 Å². The lowest BCUT2D eigenvalue weighted by Gasteiger charge is -2.35. The fraction of sp³-hybridized carbons (Fsp3) is 0.632. The molecule has 0 saturated carbocycles. The maximum absolute atomic E-state index is 12.4. The molecule has 0 bridgehead atoms. The van der Waals surface area contributed by atoms with E-state index in [2.05, 4.69) is 9.88 Å². The first-order chi connectivity index (χ1) is 13.4. The third-order valence-electron chi connectivity index (χ3n) is 4.83. The molecule has 28 heavy (non-hydrogen) atoms. The molecule has 156 valence electrons. The Morgan fingerprint density at radius 3 is 2.32 bits per heavy atom.